The predicted molar refractivity (Wildman–Crippen MR) is 106 cm³/mol. The van der Waals surface area contributed by atoms with E-state index in [1.165, 1.54) is 24.3 Å². The number of hydrogen-bond acceptors (Lipinski definition) is 5. The molecule has 0 unspecified atom stereocenters. The van der Waals surface area contributed by atoms with Crippen LogP contribution in [-0.2, 0) is 11.3 Å². The highest BCUT2D eigenvalue weighted by Crippen LogP contribution is 2.34. The second kappa shape index (κ2) is 8.75. The Kier molecular flexibility index (Phi) is 6.16. The van der Waals surface area contributed by atoms with Gasteiger partial charge in [-0.2, -0.15) is 0 Å². The molecule has 2 aromatic carbocycles. The van der Waals surface area contributed by atoms with Crippen LogP contribution in [0.15, 0.2) is 42.5 Å². The summed E-state index contributed by atoms with van der Waals surface area (Å²) < 4.78 is 11.3. The van der Waals surface area contributed by atoms with Crippen molar-refractivity contribution in [1.29, 1.82) is 0 Å². The maximum Gasteiger partial charge on any atom is 0.288 e. The van der Waals surface area contributed by atoms with E-state index in [0.29, 0.717) is 43.4 Å². The quantitative estimate of drug-likeness (QED) is 0.413. The Labute approximate surface area is 167 Å². The lowest BCUT2D eigenvalue weighted by molar-refractivity contribution is -0.384. The number of carbonyl (C=O) groups is 1. The molecule has 0 saturated heterocycles. The first kappa shape index (κ1) is 19.7. The smallest absolute Gasteiger partial charge is 0.288 e. The first-order chi connectivity index (χ1) is 13.5. The van der Waals surface area contributed by atoms with Gasteiger partial charge in [0.1, 0.15) is 18.2 Å². The third-order valence-electron chi connectivity index (χ3n) is 4.29. The minimum absolute atomic E-state index is 0.0553. The Morgan fingerprint density at radius 2 is 2.07 bits per heavy atom. The molecule has 1 amide bonds. The van der Waals surface area contributed by atoms with Crippen LogP contribution >= 0.6 is 11.6 Å². The molecule has 7 nitrogen and oxygen atoms in total. The van der Waals surface area contributed by atoms with E-state index in [1.54, 1.807) is 11.0 Å². The van der Waals surface area contributed by atoms with Crippen molar-refractivity contribution in [2.75, 3.05) is 19.8 Å². The maximum atomic E-state index is 12.6. The molecule has 146 valence electrons. The summed E-state index contributed by atoms with van der Waals surface area (Å²) in [6.07, 6.45) is 2.93. The van der Waals surface area contributed by atoms with Crippen molar-refractivity contribution in [3.8, 4) is 11.5 Å². The van der Waals surface area contributed by atoms with Crippen LogP contribution in [0.4, 0.5) is 5.69 Å². The van der Waals surface area contributed by atoms with Crippen molar-refractivity contribution in [3.63, 3.8) is 0 Å². The number of likely N-dealkylation sites (N-methyl/N-ethyl adjacent to an activating group) is 1. The molecule has 3 rings (SSSR count). The molecular weight excluding hydrogens is 384 g/mol. The SMILES string of the molecule is CCN(Cc1cccc2c1OCCO2)C(=O)/C=C/c1ccc(Cl)c([N+](=O)[O-])c1. The number of nitrogens with zero attached hydrogens (tertiary/aromatic N) is 2. The van der Waals surface area contributed by atoms with E-state index >= 15 is 0 Å². The first-order valence-corrected chi connectivity index (χ1v) is 9.15. The number of fused-ring (bicyclic) bond motifs is 1. The molecule has 0 fully saturated rings. The third-order valence-corrected chi connectivity index (χ3v) is 4.61. The zero-order valence-electron chi connectivity index (χ0n) is 15.3. The predicted octanol–water partition coefficient (Wildman–Crippen LogP) is 4.08. The van der Waals surface area contributed by atoms with E-state index in [-0.39, 0.29) is 16.6 Å². The van der Waals surface area contributed by atoms with Gasteiger partial charge in [-0.05, 0) is 30.7 Å². The number of rotatable bonds is 6. The minimum atomic E-state index is -0.555. The minimum Gasteiger partial charge on any atom is -0.486 e. The Bertz CT molecular complexity index is 929. The van der Waals surface area contributed by atoms with Gasteiger partial charge in [-0.1, -0.05) is 29.8 Å². The Hall–Kier alpha value is -3.06. The fraction of sp³-hybridized carbons (Fsp3) is 0.250. The molecule has 28 heavy (non-hydrogen) atoms. The summed E-state index contributed by atoms with van der Waals surface area (Å²) in [7, 11) is 0. The van der Waals surface area contributed by atoms with Crippen molar-refractivity contribution in [2.24, 2.45) is 0 Å². The summed E-state index contributed by atoms with van der Waals surface area (Å²) >= 11 is 5.81. The van der Waals surface area contributed by atoms with E-state index in [1.807, 2.05) is 25.1 Å². The van der Waals surface area contributed by atoms with Gasteiger partial charge in [-0.15, -0.1) is 0 Å². The molecule has 0 aromatic heterocycles. The van der Waals surface area contributed by atoms with Gasteiger partial charge in [-0.25, -0.2) is 0 Å². The highest BCUT2D eigenvalue weighted by Gasteiger charge is 2.19. The number of para-hydroxylation sites is 1. The third kappa shape index (κ3) is 4.43. The van der Waals surface area contributed by atoms with Gasteiger partial charge in [0.15, 0.2) is 11.5 Å². The standard InChI is InChI=1S/C20H19ClN2O5/c1-2-22(13-15-4-3-5-18-20(15)28-11-10-27-18)19(24)9-7-14-6-8-16(21)17(12-14)23(25)26/h3-9,12H,2,10-11,13H2,1H3/b9-7+. The topological polar surface area (TPSA) is 81.9 Å². The van der Waals surface area contributed by atoms with Crippen LogP contribution in [0.25, 0.3) is 6.08 Å². The molecule has 1 aliphatic heterocycles. The molecule has 0 saturated carbocycles. The summed E-state index contributed by atoms with van der Waals surface area (Å²) in [6.45, 7) is 3.72. The van der Waals surface area contributed by atoms with Gasteiger partial charge in [0.05, 0.1) is 4.92 Å². The second-order valence-electron chi connectivity index (χ2n) is 6.10. The average Bonchev–Trinajstić information content (AvgIpc) is 2.71. The largest absolute Gasteiger partial charge is 0.486 e. The number of benzene rings is 2. The normalized spacial score (nSPS) is 12.8. The molecule has 0 spiro atoms. The van der Waals surface area contributed by atoms with Crippen molar-refractivity contribution < 1.29 is 19.2 Å². The molecule has 2 aromatic rings. The molecule has 1 heterocycles. The molecular formula is C20H19ClN2O5. The lowest BCUT2D eigenvalue weighted by atomic mass is 10.1. The number of nitro groups is 1. The van der Waals surface area contributed by atoms with Crippen LogP contribution in [0.1, 0.15) is 18.1 Å². The number of halogens is 1. The Balaban J connectivity index is 1.75. The Morgan fingerprint density at radius 3 is 2.82 bits per heavy atom. The molecule has 0 N–H and O–H groups in total. The van der Waals surface area contributed by atoms with E-state index < -0.39 is 4.92 Å². The molecule has 0 aliphatic carbocycles. The lowest BCUT2D eigenvalue weighted by Gasteiger charge is -2.24. The van der Waals surface area contributed by atoms with Gasteiger partial charge < -0.3 is 14.4 Å². The number of carbonyl (C=O) groups excluding carboxylic acids is 1. The van der Waals surface area contributed by atoms with Gasteiger partial charge in [0.2, 0.25) is 5.91 Å². The molecule has 1 aliphatic rings. The average molecular weight is 403 g/mol. The summed E-state index contributed by atoms with van der Waals surface area (Å²) in [5.74, 6) is 1.13. The lowest BCUT2D eigenvalue weighted by Crippen LogP contribution is -2.29. The summed E-state index contributed by atoms with van der Waals surface area (Å²) in [6, 6.07) is 9.99. The van der Waals surface area contributed by atoms with Gasteiger partial charge in [-0.3, -0.25) is 14.9 Å². The molecule has 0 bridgehead atoms. The molecule has 0 radical (unpaired) electrons. The Morgan fingerprint density at radius 1 is 1.29 bits per heavy atom. The van der Waals surface area contributed by atoms with Crippen molar-refractivity contribution in [2.45, 2.75) is 13.5 Å². The van der Waals surface area contributed by atoms with E-state index in [2.05, 4.69) is 0 Å². The van der Waals surface area contributed by atoms with E-state index in [9.17, 15) is 14.9 Å². The number of hydrogen-bond donors (Lipinski definition) is 0. The van der Waals surface area contributed by atoms with Crippen LogP contribution in [0, 0.1) is 10.1 Å². The van der Waals surface area contributed by atoms with Crippen LogP contribution in [-0.4, -0.2) is 35.5 Å². The zero-order valence-corrected chi connectivity index (χ0v) is 16.0. The van der Waals surface area contributed by atoms with Crippen molar-refractivity contribution in [1.82, 2.24) is 4.90 Å². The second-order valence-corrected chi connectivity index (χ2v) is 6.50. The van der Waals surface area contributed by atoms with Crippen LogP contribution < -0.4 is 9.47 Å². The van der Waals surface area contributed by atoms with Crippen molar-refractivity contribution >= 4 is 29.3 Å². The highest BCUT2D eigenvalue weighted by atomic mass is 35.5. The highest BCUT2D eigenvalue weighted by molar-refractivity contribution is 6.32. The zero-order chi connectivity index (χ0) is 20.1. The van der Waals surface area contributed by atoms with Gasteiger partial charge in [0, 0.05) is 30.8 Å². The van der Waals surface area contributed by atoms with E-state index in [0.717, 1.165) is 5.56 Å². The van der Waals surface area contributed by atoms with Crippen LogP contribution in [0.3, 0.4) is 0 Å². The number of nitro benzene ring substituents is 1. The molecule has 8 heteroatoms. The van der Waals surface area contributed by atoms with Gasteiger partial charge >= 0.3 is 0 Å². The fourth-order valence-electron chi connectivity index (χ4n) is 2.86. The fourth-order valence-corrected chi connectivity index (χ4v) is 3.04. The van der Waals surface area contributed by atoms with Crippen molar-refractivity contribution in [3.05, 3.63) is 68.7 Å². The maximum absolute atomic E-state index is 12.6. The van der Waals surface area contributed by atoms with Crippen LogP contribution in [0.2, 0.25) is 5.02 Å². The number of amides is 1. The van der Waals surface area contributed by atoms with Crippen LogP contribution in [0.5, 0.6) is 11.5 Å². The number of ether oxygens (including phenoxy) is 2. The monoisotopic (exact) mass is 402 g/mol. The summed E-state index contributed by atoms with van der Waals surface area (Å²) in [5, 5.41) is 11.0. The first-order valence-electron chi connectivity index (χ1n) is 8.78. The van der Waals surface area contributed by atoms with E-state index in [4.69, 9.17) is 21.1 Å². The van der Waals surface area contributed by atoms with Gasteiger partial charge in [0.25, 0.3) is 5.69 Å². The summed E-state index contributed by atoms with van der Waals surface area (Å²) in [4.78, 5) is 24.7. The summed E-state index contributed by atoms with van der Waals surface area (Å²) in [5.41, 5.74) is 1.19. The molecule has 0 atom stereocenters.